The Bertz CT molecular complexity index is 792. The number of benzene rings is 2. The summed E-state index contributed by atoms with van der Waals surface area (Å²) in [4.78, 5) is 35.6. The number of amides is 2. The van der Waals surface area contributed by atoms with Crippen molar-refractivity contribution in [2.24, 2.45) is 0 Å². The third-order valence-corrected chi connectivity index (χ3v) is 3.71. The predicted molar refractivity (Wildman–Crippen MR) is 105 cm³/mol. The lowest BCUT2D eigenvalue weighted by Gasteiger charge is -2.12. The van der Waals surface area contributed by atoms with Crippen molar-refractivity contribution in [1.82, 2.24) is 5.32 Å². The molecule has 0 heterocycles. The van der Waals surface area contributed by atoms with Crippen LogP contribution in [-0.2, 0) is 14.3 Å². The lowest BCUT2D eigenvalue weighted by atomic mass is 10.2. The van der Waals surface area contributed by atoms with Crippen LogP contribution in [0.4, 0.5) is 5.69 Å². The van der Waals surface area contributed by atoms with E-state index >= 15 is 0 Å². The van der Waals surface area contributed by atoms with E-state index in [9.17, 15) is 14.4 Å². The van der Waals surface area contributed by atoms with Crippen LogP contribution in [0.3, 0.4) is 0 Å². The largest absolute Gasteiger partial charge is 0.483 e. The standard InChI is InChI=1S/C21H24N2O5/c1-2-27-20(25)13-8-14-22-19(24)15-28-18-12-7-6-11-17(18)21(26)23-16-9-4-3-5-10-16/h3-7,9-12H,2,8,13-15H2,1H3,(H,22,24)(H,23,26). The summed E-state index contributed by atoms with van der Waals surface area (Å²) in [6.07, 6.45) is 0.734. The molecule has 2 amide bonds. The van der Waals surface area contributed by atoms with Gasteiger partial charge in [-0.05, 0) is 37.6 Å². The van der Waals surface area contributed by atoms with Gasteiger partial charge in [-0.1, -0.05) is 30.3 Å². The molecule has 148 valence electrons. The van der Waals surface area contributed by atoms with Gasteiger partial charge in [-0.25, -0.2) is 0 Å². The van der Waals surface area contributed by atoms with Crippen molar-refractivity contribution in [1.29, 1.82) is 0 Å². The first-order valence-electron chi connectivity index (χ1n) is 9.10. The van der Waals surface area contributed by atoms with E-state index in [2.05, 4.69) is 10.6 Å². The molecule has 28 heavy (non-hydrogen) atoms. The van der Waals surface area contributed by atoms with Crippen LogP contribution in [0.1, 0.15) is 30.1 Å². The normalized spacial score (nSPS) is 10.0. The van der Waals surface area contributed by atoms with Crippen molar-refractivity contribution in [3.63, 3.8) is 0 Å². The van der Waals surface area contributed by atoms with Crippen molar-refractivity contribution in [3.05, 3.63) is 60.2 Å². The first-order valence-corrected chi connectivity index (χ1v) is 9.10. The number of anilines is 1. The molecule has 2 aromatic carbocycles. The second kappa shape index (κ2) is 11.4. The van der Waals surface area contributed by atoms with Gasteiger partial charge in [0, 0.05) is 18.7 Å². The Hall–Kier alpha value is -3.35. The second-order valence-corrected chi connectivity index (χ2v) is 5.86. The molecular weight excluding hydrogens is 360 g/mol. The Morgan fingerprint density at radius 3 is 2.43 bits per heavy atom. The van der Waals surface area contributed by atoms with Crippen LogP contribution in [0, 0.1) is 0 Å². The molecule has 0 unspecified atom stereocenters. The average molecular weight is 384 g/mol. The Morgan fingerprint density at radius 2 is 1.68 bits per heavy atom. The fourth-order valence-electron chi connectivity index (χ4n) is 2.39. The molecule has 0 radical (unpaired) electrons. The van der Waals surface area contributed by atoms with E-state index in [0.29, 0.717) is 36.6 Å². The van der Waals surface area contributed by atoms with Crippen LogP contribution >= 0.6 is 0 Å². The van der Waals surface area contributed by atoms with Crippen molar-refractivity contribution < 1.29 is 23.9 Å². The van der Waals surface area contributed by atoms with Gasteiger partial charge >= 0.3 is 5.97 Å². The summed E-state index contributed by atoms with van der Waals surface area (Å²) in [6.45, 7) is 2.21. The number of carbonyl (C=O) groups is 3. The predicted octanol–water partition coefficient (Wildman–Crippen LogP) is 2.78. The van der Waals surface area contributed by atoms with Crippen molar-refractivity contribution in [2.75, 3.05) is 25.1 Å². The van der Waals surface area contributed by atoms with Gasteiger partial charge in [0.15, 0.2) is 6.61 Å². The third kappa shape index (κ3) is 7.11. The monoisotopic (exact) mass is 384 g/mol. The maximum Gasteiger partial charge on any atom is 0.305 e. The van der Waals surface area contributed by atoms with Gasteiger partial charge in [0.25, 0.3) is 11.8 Å². The molecule has 0 aliphatic heterocycles. The fourth-order valence-corrected chi connectivity index (χ4v) is 2.39. The molecule has 0 saturated heterocycles. The molecule has 0 fully saturated rings. The van der Waals surface area contributed by atoms with Crippen LogP contribution in [0.25, 0.3) is 0 Å². The van der Waals surface area contributed by atoms with E-state index in [-0.39, 0.29) is 30.8 Å². The minimum absolute atomic E-state index is 0.227. The number of hydrogen-bond acceptors (Lipinski definition) is 5. The van der Waals surface area contributed by atoms with E-state index in [1.807, 2.05) is 18.2 Å². The maximum atomic E-state index is 12.5. The summed E-state index contributed by atoms with van der Waals surface area (Å²) in [7, 11) is 0. The van der Waals surface area contributed by atoms with Gasteiger partial charge in [-0.15, -0.1) is 0 Å². The number of esters is 1. The molecule has 2 N–H and O–H groups in total. The summed E-state index contributed by atoms with van der Waals surface area (Å²) in [5.74, 6) is -0.622. The van der Waals surface area contributed by atoms with Crippen LogP contribution in [0.2, 0.25) is 0 Å². The van der Waals surface area contributed by atoms with Crippen molar-refractivity contribution in [2.45, 2.75) is 19.8 Å². The first-order chi connectivity index (χ1) is 13.6. The van der Waals surface area contributed by atoms with Crippen LogP contribution in [0.15, 0.2) is 54.6 Å². The number of rotatable bonds is 10. The van der Waals surface area contributed by atoms with Crippen LogP contribution in [-0.4, -0.2) is 37.5 Å². The Labute approximate surface area is 164 Å². The SMILES string of the molecule is CCOC(=O)CCCNC(=O)COc1ccccc1C(=O)Nc1ccccc1. The molecule has 0 aliphatic carbocycles. The number of carbonyl (C=O) groups excluding carboxylic acids is 3. The molecule has 7 heteroatoms. The summed E-state index contributed by atoms with van der Waals surface area (Å²) < 4.78 is 10.3. The molecule has 0 atom stereocenters. The number of hydrogen-bond donors (Lipinski definition) is 2. The summed E-state index contributed by atoms with van der Waals surface area (Å²) >= 11 is 0. The fraction of sp³-hybridized carbons (Fsp3) is 0.286. The highest BCUT2D eigenvalue weighted by Gasteiger charge is 2.13. The van der Waals surface area contributed by atoms with Crippen molar-refractivity contribution >= 4 is 23.5 Å². The highest BCUT2D eigenvalue weighted by Crippen LogP contribution is 2.19. The Kier molecular flexibility index (Phi) is 8.52. The Balaban J connectivity index is 1.81. The molecule has 0 spiro atoms. The maximum absolute atomic E-state index is 12.5. The number of ether oxygens (including phenoxy) is 2. The van der Waals surface area contributed by atoms with Gasteiger partial charge in [-0.2, -0.15) is 0 Å². The van der Waals surface area contributed by atoms with Gasteiger partial charge in [-0.3, -0.25) is 14.4 Å². The zero-order chi connectivity index (χ0) is 20.2. The summed E-state index contributed by atoms with van der Waals surface area (Å²) in [6, 6.07) is 15.8. The quantitative estimate of drug-likeness (QED) is 0.485. The van der Waals surface area contributed by atoms with Crippen LogP contribution in [0.5, 0.6) is 5.75 Å². The van der Waals surface area contributed by atoms with Gasteiger partial charge in [0.1, 0.15) is 5.75 Å². The van der Waals surface area contributed by atoms with Gasteiger partial charge in [0.05, 0.1) is 12.2 Å². The first kappa shape index (κ1) is 21.0. The zero-order valence-electron chi connectivity index (χ0n) is 15.8. The highest BCUT2D eigenvalue weighted by molar-refractivity contribution is 6.06. The molecular formula is C21H24N2O5. The number of para-hydroxylation sites is 2. The molecule has 2 rings (SSSR count). The van der Waals surface area contributed by atoms with Gasteiger partial charge < -0.3 is 20.1 Å². The topological polar surface area (TPSA) is 93.7 Å². The van der Waals surface area contributed by atoms with E-state index in [4.69, 9.17) is 9.47 Å². The number of nitrogens with one attached hydrogen (secondary N) is 2. The average Bonchev–Trinajstić information content (AvgIpc) is 2.71. The smallest absolute Gasteiger partial charge is 0.305 e. The van der Waals surface area contributed by atoms with E-state index in [0.717, 1.165) is 0 Å². The molecule has 7 nitrogen and oxygen atoms in total. The molecule has 2 aromatic rings. The highest BCUT2D eigenvalue weighted by atomic mass is 16.5. The summed E-state index contributed by atoms with van der Waals surface area (Å²) in [5, 5.41) is 5.45. The Morgan fingerprint density at radius 1 is 0.964 bits per heavy atom. The lowest BCUT2D eigenvalue weighted by molar-refractivity contribution is -0.143. The lowest BCUT2D eigenvalue weighted by Crippen LogP contribution is -2.30. The van der Waals surface area contributed by atoms with Gasteiger partial charge in [0.2, 0.25) is 0 Å². The van der Waals surface area contributed by atoms with Crippen LogP contribution < -0.4 is 15.4 Å². The minimum atomic E-state index is -0.331. The second-order valence-electron chi connectivity index (χ2n) is 5.86. The molecule has 0 saturated carbocycles. The van der Waals surface area contributed by atoms with E-state index in [1.165, 1.54) is 0 Å². The van der Waals surface area contributed by atoms with E-state index in [1.54, 1.807) is 43.3 Å². The minimum Gasteiger partial charge on any atom is -0.483 e. The zero-order valence-corrected chi connectivity index (χ0v) is 15.8. The summed E-state index contributed by atoms with van der Waals surface area (Å²) in [5.41, 5.74) is 1.00. The molecule has 0 aliphatic rings. The van der Waals surface area contributed by atoms with E-state index < -0.39 is 0 Å². The molecule has 0 aromatic heterocycles. The van der Waals surface area contributed by atoms with Crippen molar-refractivity contribution in [3.8, 4) is 5.75 Å². The third-order valence-electron chi connectivity index (χ3n) is 3.71. The molecule has 0 bridgehead atoms.